The molecule has 2 heterocycles. The molecule has 1 aromatic heterocycles. The van der Waals surface area contributed by atoms with Crippen LogP contribution >= 0.6 is 0 Å². The molecule has 1 aliphatic rings. The minimum absolute atomic E-state index is 0.219. The van der Waals surface area contributed by atoms with Gasteiger partial charge in [-0.25, -0.2) is 5.43 Å². The van der Waals surface area contributed by atoms with E-state index in [0.717, 1.165) is 38.3 Å². The van der Waals surface area contributed by atoms with Crippen LogP contribution in [0.5, 0.6) is 0 Å². The molecule has 0 bridgehead atoms. The summed E-state index contributed by atoms with van der Waals surface area (Å²) in [4.78, 5) is 21.1. The molecular weight excluding hydrogens is 374 g/mol. The summed E-state index contributed by atoms with van der Waals surface area (Å²) in [5.74, 6) is -0.219. The molecule has 0 radical (unpaired) electrons. The molecule has 4 rings (SSSR count). The second-order valence-corrected chi connectivity index (χ2v) is 7.28. The molecule has 1 fully saturated rings. The average Bonchev–Trinajstić information content (AvgIpc) is 2.81. The van der Waals surface area contributed by atoms with E-state index in [0.29, 0.717) is 5.56 Å². The fourth-order valence-electron chi connectivity index (χ4n) is 3.50. The number of nitrogens with zero attached hydrogens (tertiary/aromatic N) is 4. The zero-order valence-electron chi connectivity index (χ0n) is 16.8. The molecule has 1 N–H and O–H groups in total. The summed E-state index contributed by atoms with van der Waals surface area (Å²) in [5, 5.41) is 4.00. The Bertz CT molecular complexity index is 965. The van der Waals surface area contributed by atoms with E-state index in [1.165, 1.54) is 11.3 Å². The molecule has 2 aromatic carbocycles. The van der Waals surface area contributed by atoms with Gasteiger partial charge in [0.15, 0.2) is 0 Å². The molecule has 0 aliphatic carbocycles. The number of hydrazone groups is 1. The van der Waals surface area contributed by atoms with Crippen molar-refractivity contribution in [2.24, 2.45) is 5.10 Å². The minimum Gasteiger partial charge on any atom is -0.369 e. The van der Waals surface area contributed by atoms with Gasteiger partial charge in [-0.05, 0) is 47.5 Å². The van der Waals surface area contributed by atoms with Crippen LogP contribution < -0.4 is 10.3 Å². The van der Waals surface area contributed by atoms with Crippen LogP contribution in [-0.4, -0.2) is 48.2 Å². The van der Waals surface area contributed by atoms with Crippen molar-refractivity contribution in [3.05, 3.63) is 95.8 Å². The Kier molecular flexibility index (Phi) is 6.47. The average molecular weight is 399 g/mol. The number of anilines is 1. The number of benzene rings is 2. The van der Waals surface area contributed by atoms with Crippen molar-refractivity contribution in [2.75, 3.05) is 31.1 Å². The van der Waals surface area contributed by atoms with Crippen LogP contribution in [0.2, 0.25) is 0 Å². The molecule has 1 saturated heterocycles. The van der Waals surface area contributed by atoms with E-state index in [2.05, 4.69) is 55.6 Å². The summed E-state index contributed by atoms with van der Waals surface area (Å²) in [6, 6.07) is 22.0. The second kappa shape index (κ2) is 9.80. The molecule has 0 unspecified atom stereocenters. The first-order chi connectivity index (χ1) is 14.8. The highest BCUT2D eigenvalue weighted by molar-refractivity contribution is 5.94. The van der Waals surface area contributed by atoms with Gasteiger partial charge in [0.05, 0.1) is 6.21 Å². The van der Waals surface area contributed by atoms with Gasteiger partial charge in [-0.1, -0.05) is 30.3 Å². The topological polar surface area (TPSA) is 60.8 Å². The SMILES string of the molecule is O=C(N/N=C/c1ccncc1)c1ccc(CN2CCN(c3ccccc3)CC2)cc1. The van der Waals surface area contributed by atoms with Crippen LogP contribution in [0.4, 0.5) is 5.69 Å². The van der Waals surface area contributed by atoms with Crippen molar-refractivity contribution < 1.29 is 4.79 Å². The molecule has 0 spiro atoms. The van der Waals surface area contributed by atoms with Gasteiger partial charge in [-0.15, -0.1) is 0 Å². The normalized spacial score (nSPS) is 14.7. The summed E-state index contributed by atoms with van der Waals surface area (Å²) in [7, 11) is 0. The number of amides is 1. The maximum atomic E-state index is 12.3. The zero-order valence-corrected chi connectivity index (χ0v) is 16.8. The Hall–Kier alpha value is -3.51. The summed E-state index contributed by atoms with van der Waals surface area (Å²) in [6.07, 6.45) is 4.97. The number of carbonyl (C=O) groups is 1. The number of nitrogens with one attached hydrogen (secondary N) is 1. The van der Waals surface area contributed by atoms with Crippen LogP contribution in [0.25, 0.3) is 0 Å². The predicted molar refractivity (Wildman–Crippen MR) is 120 cm³/mol. The van der Waals surface area contributed by atoms with Gasteiger partial charge < -0.3 is 4.90 Å². The molecule has 1 amide bonds. The van der Waals surface area contributed by atoms with E-state index >= 15 is 0 Å². The van der Waals surface area contributed by atoms with Gasteiger partial charge in [-0.2, -0.15) is 5.10 Å². The van der Waals surface area contributed by atoms with Crippen LogP contribution in [-0.2, 0) is 6.54 Å². The fraction of sp³-hybridized carbons (Fsp3) is 0.208. The van der Waals surface area contributed by atoms with Gasteiger partial charge in [0.2, 0.25) is 0 Å². The second-order valence-electron chi connectivity index (χ2n) is 7.28. The molecule has 6 nitrogen and oxygen atoms in total. The van der Waals surface area contributed by atoms with Gasteiger partial charge in [-0.3, -0.25) is 14.7 Å². The third-order valence-electron chi connectivity index (χ3n) is 5.20. The predicted octanol–water partition coefficient (Wildman–Crippen LogP) is 3.17. The number of carbonyl (C=O) groups excluding carboxylic acids is 1. The third kappa shape index (κ3) is 5.30. The highest BCUT2D eigenvalue weighted by Crippen LogP contribution is 2.17. The van der Waals surface area contributed by atoms with Gasteiger partial charge >= 0.3 is 0 Å². The van der Waals surface area contributed by atoms with Gasteiger partial charge in [0.1, 0.15) is 0 Å². The summed E-state index contributed by atoms with van der Waals surface area (Å²) >= 11 is 0. The van der Waals surface area contributed by atoms with Crippen LogP contribution in [0.3, 0.4) is 0 Å². The number of aromatic nitrogens is 1. The molecule has 3 aromatic rings. The Morgan fingerprint density at radius 1 is 0.933 bits per heavy atom. The summed E-state index contributed by atoms with van der Waals surface area (Å²) in [6.45, 7) is 5.01. The van der Waals surface area contributed by atoms with Crippen LogP contribution in [0, 0.1) is 0 Å². The van der Waals surface area contributed by atoms with E-state index in [-0.39, 0.29) is 5.91 Å². The highest BCUT2D eigenvalue weighted by atomic mass is 16.2. The number of pyridine rings is 1. The first kappa shape index (κ1) is 19.8. The lowest BCUT2D eigenvalue weighted by Crippen LogP contribution is -2.45. The number of piperazine rings is 1. The largest absolute Gasteiger partial charge is 0.369 e. The van der Waals surface area contributed by atoms with Crippen LogP contribution in [0.15, 0.2) is 84.2 Å². The van der Waals surface area contributed by atoms with Crippen molar-refractivity contribution in [3.63, 3.8) is 0 Å². The standard InChI is InChI=1S/C24H25N5O/c30-24(27-26-18-20-10-12-25-13-11-20)22-8-6-21(7-9-22)19-28-14-16-29(17-15-28)23-4-2-1-3-5-23/h1-13,18H,14-17,19H2,(H,27,30)/b26-18+. The number of para-hydroxylation sites is 1. The maximum Gasteiger partial charge on any atom is 0.271 e. The summed E-state index contributed by atoms with van der Waals surface area (Å²) in [5.41, 5.74) is 6.54. The first-order valence-corrected chi connectivity index (χ1v) is 10.1. The quantitative estimate of drug-likeness (QED) is 0.511. The van der Waals surface area contributed by atoms with Gasteiger partial charge in [0.25, 0.3) is 5.91 Å². The monoisotopic (exact) mass is 399 g/mol. The van der Waals surface area contributed by atoms with Gasteiger partial charge in [0, 0.05) is 56.4 Å². The highest BCUT2D eigenvalue weighted by Gasteiger charge is 2.17. The van der Waals surface area contributed by atoms with Crippen molar-refractivity contribution in [2.45, 2.75) is 6.54 Å². The number of hydrogen-bond acceptors (Lipinski definition) is 5. The van der Waals surface area contributed by atoms with Crippen molar-refractivity contribution in [3.8, 4) is 0 Å². The molecule has 1 aliphatic heterocycles. The third-order valence-corrected chi connectivity index (χ3v) is 5.20. The van der Waals surface area contributed by atoms with E-state index in [4.69, 9.17) is 0 Å². The van der Waals surface area contributed by atoms with E-state index in [1.807, 2.05) is 36.4 Å². The fourth-order valence-corrected chi connectivity index (χ4v) is 3.50. The first-order valence-electron chi connectivity index (χ1n) is 10.1. The number of rotatable bonds is 6. The lowest BCUT2D eigenvalue weighted by molar-refractivity contribution is 0.0955. The Morgan fingerprint density at radius 3 is 2.33 bits per heavy atom. The number of hydrogen-bond donors (Lipinski definition) is 1. The maximum absolute atomic E-state index is 12.3. The molecule has 30 heavy (non-hydrogen) atoms. The Morgan fingerprint density at radius 2 is 1.63 bits per heavy atom. The summed E-state index contributed by atoms with van der Waals surface area (Å²) < 4.78 is 0. The Balaban J connectivity index is 1.26. The van der Waals surface area contributed by atoms with Crippen molar-refractivity contribution in [1.29, 1.82) is 0 Å². The lowest BCUT2D eigenvalue weighted by atomic mass is 10.1. The van der Waals surface area contributed by atoms with E-state index in [1.54, 1.807) is 18.6 Å². The van der Waals surface area contributed by atoms with E-state index in [9.17, 15) is 4.79 Å². The molecule has 152 valence electrons. The van der Waals surface area contributed by atoms with Crippen molar-refractivity contribution in [1.82, 2.24) is 15.3 Å². The zero-order chi connectivity index (χ0) is 20.6. The smallest absolute Gasteiger partial charge is 0.271 e. The minimum atomic E-state index is -0.219. The lowest BCUT2D eigenvalue weighted by Gasteiger charge is -2.36. The van der Waals surface area contributed by atoms with E-state index < -0.39 is 0 Å². The molecule has 6 heteroatoms. The molecule has 0 saturated carbocycles. The van der Waals surface area contributed by atoms with Crippen molar-refractivity contribution >= 4 is 17.8 Å². The Labute approximate surface area is 176 Å². The molecule has 0 atom stereocenters. The molecular formula is C24H25N5O. The van der Waals surface area contributed by atoms with Crippen LogP contribution in [0.1, 0.15) is 21.5 Å².